The van der Waals surface area contributed by atoms with E-state index in [1.807, 2.05) is 4.90 Å². The van der Waals surface area contributed by atoms with Crippen molar-refractivity contribution >= 4 is 5.91 Å². The van der Waals surface area contributed by atoms with Gasteiger partial charge in [0.05, 0.1) is 27.2 Å². The van der Waals surface area contributed by atoms with Gasteiger partial charge in [0.1, 0.15) is 6.54 Å². The summed E-state index contributed by atoms with van der Waals surface area (Å²) in [6.45, 7) is 6.79. The van der Waals surface area contributed by atoms with Crippen LogP contribution in [0.25, 0.3) is 0 Å². The summed E-state index contributed by atoms with van der Waals surface area (Å²) in [5.41, 5.74) is 0. The van der Waals surface area contributed by atoms with Crippen molar-refractivity contribution < 1.29 is 9.28 Å². The van der Waals surface area contributed by atoms with Gasteiger partial charge in [0.25, 0.3) is 0 Å². The number of quaternary nitrogens is 1. The molecule has 0 N–H and O–H groups in total. The fraction of sp³-hybridized carbons (Fsp3) is 0.769. The molecule has 0 aromatic heterocycles. The Hall–Kier alpha value is -1.01. The van der Waals surface area contributed by atoms with Gasteiger partial charge in [0.2, 0.25) is 5.91 Å². The van der Waals surface area contributed by atoms with E-state index in [4.69, 9.17) is 0 Å². The molecule has 1 aliphatic rings. The van der Waals surface area contributed by atoms with Crippen molar-refractivity contribution in [3.05, 3.63) is 0 Å². The maximum absolute atomic E-state index is 11.5. The molecule has 0 bridgehead atoms. The maximum Gasteiger partial charge on any atom is 0.223 e. The average molecular weight is 223 g/mol. The Balaban J connectivity index is 2.40. The van der Waals surface area contributed by atoms with Crippen molar-refractivity contribution in [3.8, 4) is 11.8 Å². The van der Waals surface area contributed by atoms with Crippen LogP contribution in [0.2, 0.25) is 0 Å². The Morgan fingerprint density at radius 1 is 1.44 bits per heavy atom. The molecule has 16 heavy (non-hydrogen) atoms. The van der Waals surface area contributed by atoms with Crippen LogP contribution in [0.4, 0.5) is 0 Å². The van der Waals surface area contributed by atoms with Crippen LogP contribution in [0, 0.1) is 11.8 Å². The molecule has 1 rings (SSSR count). The van der Waals surface area contributed by atoms with Crippen molar-refractivity contribution in [2.45, 2.75) is 32.7 Å². The monoisotopic (exact) mass is 223 g/mol. The van der Waals surface area contributed by atoms with Crippen molar-refractivity contribution in [2.24, 2.45) is 0 Å². The molecule has 0 radical (unpaired) electrons. The van der Waals surface area contributed by atoms with Gasteiger partial charge in [-0.15, -0.1) is 0 Å². The summed E-state index contributed by atoms with van der Waals surface area (Å²) in [6, 6.07) is 0.371. The summed E-state index contributed by atoms with van der Waals surface area (Å²) in [5, 5.41) is 0. The minimum Gasteiger partial charge on any atom is -0.329 e. The molecule has 0 aromatic carbocycles. The van der Waals surface area contributed by atoms with Crippen LogP contribution in [0.1, 0.15) is 26.7 Å². The van der Waals surface area contributed by atoms with Gasteiger partial charge in [0.15, 0.2) is 0 Å². The Labute approximate surface area is 99.0 Å². The zero-order valence-corrected chi connectivity index (χ0v) is 10.9. The fourth-order valence-corrected chi connectivity index (χ4v) is 1.64. The van der Waals surface area contributed by atoms with Crippen LogP contribution in [-0.2, 0) is 4.79 Å². The van der Waals surface area contributed by atoms with Crippen molar-refractivity contribution in [2.75, 3.05) is 33.7 Å². The summed E-state index contributed by atoms with van der Waals surface area (Å²) in [4.78, 5) is 13.4. The van der Waals surface area contributed by atoms with Crippen molar-refractivity contribution in [3.63, 3.8) is 0 Å². The molecule has 1 amide bonds. The van der Waals surface area contributed by atoms with E-state index in [9.17, 15) is 4.79 Å². The highest BCUT2D eigenvalue weighted by Crippen LogP contribution is 2.16. The van der Waals surface area contributed by atoms with E-state index in [2.05, 4.69) is 39.8 Å². The number of rotatable bonds is 3. The molecule has 1 saturated heterocycles. The number of nitrogens with zero attached hydrogens (tertiary/aromatic N) is 2. The van der Waals surface area contributed by atoms with E-state index in [1.54, 1.807) is 0 Å². The molecular formula is C13H23N2O+. The quantitative estimate of drug-likeness (QED) is 0.518. The number of carbonyl (C=O) groups is 1. The molecule has 1 heterocycles. The third kappa shape index (κ3) is 3.53. The van der Waals surface area contributed by atoms with E-state index < -0.39 is 0 Å². The molecule has 0 saturated carbocycles. The second-order valence-corrected chi connectivity index (χ2v) is 5.17. The molecule has 0 aromatic rings. The SMILES string of the molecule is CC[N+](C)(C)CC#CCN1C(=O)CCC1C. The van der Waals surface area contributed by atoms with E-state index in [1.165, 1.54) is 0 Å². The first-order valence-corrected chi connectivity index (χ1v) is 6.03. The Bertz CT molecular complexity index is 312. The normalized spacial score (nSPS) is 20.9. The standard InChI is InChI=1S/C13H23N2O/c1-5-15(3,4)11-7-6-10-14-12(2)8-9-13(14)16/h12H,5,8-11H2,1-4H3/q+1. The predicted octanol–water partition coefficient (Wildman–Crippen LogP) is 1.10. The molecule has 3 nitrogen and oxygen atoms in total. The second-order valence-electron chi connectivity index (χ2n) is 5.17. The number of likely N-dealkylation sites (tertiary alicyclic amines) is 1. The lowest BCUT2D eigenvalue weighted by Crippen LogP contribution is -2.39. The van der Waals surface area contributed by atoms with E-state index >= 15 is 0 Å². The topological polar surface area (TPSA) is 20.3 Å². The zero-order chi connectivity index (χ0) is 12.2. The highest BCUT2D eigenvalue weighted by atomic mass is 16.2. The third-order valence-corrected chi connectivity index (χ3v) is 3.37. The maximum atomic E-state index is 11.5. The van der Waals surface area contributed by atoms with Crippen LogP contribution in [0.5, 0.6) is 0 Å². The van der Waals surface area contributed by atoms with Gasteiger partial charge in [0, 0.05) is 12.5 Å². The molecule has 90 valence electrons. The summed E-state index contributed by atoms with van der Waals surface area (Å²) < 4.78 is 0.913. The highest BCUT2D eigenvalue weighted by molar-refractivity contribution is 5.78. The zero-order valence-electron chi connectivity index (χ0n) is 10.9. The minimum absolute atomic E-state index is 0.256. The molecule has 0 aliphatic carbocycles. The predicted molar refractivity (Wildman–Crippen MR) is 65.7 cm³/mol. The van der Waals surface area contributed by atoms with Gasteiger partial charge in [-0.2, -0.15) is 0 Å². The third-order valence-electron chi connectivity index (χ3n) is 3.37. The summed E-state index contributed by atoms with van der Waals surface area (Å²) in [5.74, 6) is 6.55. The van der Waals surface area contributed by atoms with Crippen LogP contribution in [0.3, 0.4) is 0 Å². The number of hydrogen-bond acceptors (Lipinski definition) is 1. The summed E-state index contributed by atoms with van der Waals surface area (Å²) in [7, 11) is 4.33. The fourth-order valence-electron chi connectivity index (χ4n) is 1.64. The number of amides is 1. The van der Waals surface area contributed by atoms with Crippen LogP contribution >= 0.6 is 0 Å². The first-order chi connectivity index (χ1) is 7.46. The van der Waals surface area contributed by atoms with Gasteiger partial charge in [-0.05, 0) is 26.2 Å². The largest absolute Gasteiger partial charge is 0.329 e. The van der Waals surface area contributed by atoms with Crippen LogP contribution in [0.15, 0.2) is 0 Å². The van der Waals surface area contributed by atoms with Gasteiger partial charge >= 0.3 is 0 Å². The van der Waals surface area contributed by atoms with E-state index in [0.717, 1.165) is 24.0 Å². The first kappa shape index (κ1) is 13.1. The van der Waals surface area contributed by atoms with Crippen molar-refractivity contribution in [1.82, 2.24) is 4.90 Å². The minimum atomic E-state index is 0.256. The smallest absolute Gasteiger partial charge is 0.223 e. The summed E-state index contributed by atoms with van der Waals surface area (Å²) >= 11 is 0. The van der Waals surface area contributed by atoms with Crippen LogP contribution in [-0.4, -0.2) is 55.1 Å². The Morgan fingerprint density at radius 2 is 2.12 bits per heavy atom. The molecule has 3 heteroatoms. The Kier molecular flexibility index (Phi) is 4.37. The molecule has 1 atom stereocenters. The summed E-state index contributed by atoms with van der Waals surface area (Å²) in [6.07, 6.45) is 1.68. The first-order valence-electron chi connectivity index (χ1n) is 6.03. The lowest BCUT2D eigenvalue weighted by molar-refractivity contribution is -0.881. The number of hydrogen-bond donors (Lipinski definition) is 0. The molecular weight excluding hydrogens is 200 g/mol. The Morgan fingerprint density at radius 3 is 2.62 bits per heavy atom. The molecule has 0 spiro atoms. The van der Waals surface area contributed by atoms with Crippen LogP contribution < -0.4 is 0 Å². The van der Waals surface area contributed by atoms with Gasteiger partial charge in [-0.1, -0.05) is 5.92 Å². The average Bonchev–Trinajstić information content (AvgIpc) is 2.55. The second kappa shape index (κ2) is 5.36. The van der Waals surface area contributed by atoms with Gasteiger partial charge in [-0.25, -0.2) is 0 Å². The van der Waals surface area contributed by atoms with E-state index in [0.29, 0.717) is 19.0 Å². The lowest BCUT2D eigenvalue weighted by atomic mass is 10.2. The van der Waals surface area contributed by atoms with Crippen molar-refractivity contribution in [1.29, 1.82) is 0 Å². The van der Waals surface area contributed by atoms with Gasteiger partial charge < -0.3 is 9.38 Å². The number of carbonyl (C=O) groups excluding carboxylic acids is 1. The molecule has 1 unspecified atom stereocenters. The highest BCUT2D eigenvalue weighted by Gasteiger charge is 2.26. The molecule has 1 fully saturated rings. The van der Waals surface area contributed by atoms with Gasteiger partial charge in [-0.3, -0.25) is 4.79 Å². The molecule has 1 aliphatic heterocycles. The lowest BCUT2D eigenvalue weighted by Gasteiger charge is -2.25. The van der Waals surface area contributed by atoms with E-state index in [-0.39, 0.29) is 5.91 Å².